The van der Waals surface area contributed by atoms with E-state index in [2.05, 4.69) is 170 Å². The third-order valence-corrected chi connectivity index (χ3v) is 14.7. The maximum absolute atomic E-state index is 2.53. The molecule has 3 unspecified atom stereocenters. The van der Waals surface area contributed by atoms with E-state index < -0.39 is 0 Å². The van der Waals surface area contributed by atoms with Gasteiger partial charge >= 0.3 is 0 Å². The zero-order valence-corrected chi connectivity index (χ0v) is 33.6. The van der Waals surface area contributed by atoms with Gasteiger partial charge in [-0.3, -0.25) is 0 Å². The highest BCUT2D eigenvalue weighted by Gasteiger charge is 2.40. The Hall–Kier alpha value is -5.40. The Bertz CT molecular complexity index is 2610. The minimum absolute atomic E-state index is 0.159. The molecule has 1 heteroatoms. The lowest BCUT2D eigenvalue weighted by Gasteiger charge is -2.29. The van der Waals surface area contributed by atoms with Crippen LogP contribution in [0.5, 0.6) is 0 Å². The fraction of sp³-hybridized carbons (Fsp3) is 0.286. The Labute approximate surface area is 339 Å². The number of rotatable bonds is 7. The van der Waals surface area contributed by atoms with E-state index in [1.165, 1.54) is 141 Å². The molecule has 0 aromatic heterocycles. The molecule has 3 atom stereocenters. The molecule has 57 heavy (non-hydrogen) atoms. The normalized spacial score (nSPS) is 20.8. The second kappa shape index (κ2) is 13.9. The largest absolute Gasteiger partial charge is 0.310 e. The summed E-state index contributed by atoms with van der Waals surface area (Å²) in [7, 11) is 0. The first kappa shape index (κ1) is 34.8. The third-order valence-electron chi connectivity index (χ3n) is 14.7. The Morgan fingerprint density at radius 2 is 1.18 bits per heavy atom. The van der Waals surface area contributed by atoms with Crippen LogP contribution in [0.1, 0.15) is 106 Å². The van der Waals surface area contributed by atoms with Crippen LogP contribution in [0.15, 0.2) is 152 Å². The zero-order valence-electron chi connectivity index (χ0n) is 33.6. The van der Waals surface area contributed by atoms with Gasteiger partial charge in [0.1, 0.15) is 0 Å². The number of hydrogen-bond acceptors (Lipinski definition) is 1. The van der Waals surface area contributed by atoms with Gasteiger partial charge in [0.05, 0.1) is 0 Å². The van der Waals surface area contributed by atoms with Crippen LogP contribution in [0, 0.1) is 11.8 Å². The van der Waals surface area contributed by atoms with Crippen molar-refractivity contribution in [1.29, 1.82) is 0 Å². The van der Waals surface area contributed by atoms with Gasteiger partial charge in [-0.1, -0.05) is 155 Å². The molecule has 7 aromatic carbocycles. The molecule has 282 valence electrons. The lowest BCUT2D eigenvalue weighted by molar-refractivity contribution is 0.420. The minimum Gasteiger partial charge on any atom is -0.310 e. The van der Waals surface area contributed by atoms with Crippen LogP contribution in [0.3, 0.4) is 0 Å². The summed E-state index contributed by atoms with van der Waals surface area (Å²) in [6.45, 7) is 4.84. The summed E-state index contributed by atoms with van der Waals surface area (Å²) in [5.74, 6) is 3.23. The highest BCUT2D eigenvalue weighted by Crippen LogP contribution is 2.55. The lowest BCUT2D eigenvalue weighted by atomic mass is 9.81. The predicted molar refractivity (Wildman–Crippen MR) is 241 cm³/mol. The monoisotopic (exact) mass is 739 g/mol. The SMILES string of the molecule is CC1(C)c2cc(N(c3ccc(C4CC5CCC4C5)cc3)c3ccc4ccc(C5CCCCC5)cc4c3)ccc2-c2c(-c3ccccc3-c3ccccc3)cccc21. The van der Waals surface area contributed by atoms with E-state index in [0.717, 1.165) is 17.8 Å². The molecular formula is C56H53N. The topological polar surface area (TPSA) is 3.24 Å². The summed E-state index contributed by atoms with van der Waals surface area (Å²) < 4.78 is 0. The van der Waals surface area contributed by atoms with Crippen molar-refractivity contribution in [3.05, 3.63) is 174 Å². The Morgan fingerprint density at radius 1 is 0.474 bits per heavy atom. The molecule has 0 heterocycles. The van der Waals surface area contributed by atoms with Crippen molar-refractivity contribution in [3.8, 4) is 33.4 Å². The maximum atomic E-state index is 2.53. The molecule has 0 saturated heterocycles. The molecule has 2 bridgehead atoms. The van der Waals surface area contributed by atoms with Crippen LogP contribution in [0.4, 0.5) is 17.1 Å². The van der Waals surface area contributed by atoms with Crippen LogP contribution in [-0.2, 0) is 5.41 Å². The van der Waals surface area contributed by atoms with Crippen molar-refractivity contribution in [2.75, 3.05) is 4.90 Å². The van der Waals surface area contributed by atoms with Crippen molar-refractivity contribution in [2.45, 2.75) is 88.9 Å². The molecule has 3 saturated carbocycles. The maximum Gasteiger partial charge on any atom is 0.0468 e. The quantitative estimate of drug-likeness (QED) is 0.157. The van der Waals surface area contributed by atoms with E-state index in [1.54, 1.807) is 0 Å². The second-order valence-corrected chi connectivity index (χ2v) is 18.3. The molecule has 1 nitrogen and oxygen atoms in total. The van der Waals surface area contributed by atoms with E-state index in [4.69, 9.17) is 0 Å². The number of nitrogens with zero attached hydrogens (tertiary/aromatic N) is 1. The van der Waals surface area contributed by atoms with E-state index in [1.807, 2.05) is 0 Å². The number of hydrogen-bond donors (Lipinski definition) is 0. The van der Waals surface area contributed by atoms with Gasteiger partial charge in [0.25, 0.3) is 0 Å². The van der Waals surface area contributed by atoms with Crippen molar-refractivity contribution in [2.24, 2.45) is 11.8 Å². The average molecular weight is 740 g/mol. The van der Waals surface area contributed by atoms with Gasteiger partial charge in [-0.15, -0.1) is 0 Å². The number of fused-ring (bicyclic) bond motifs is 6. The average Bonchev–Trinajstić information content (AvgIpc) is 3.97. The molecule has 11 rings (SSSR count). The number of benzene rings is 7. The van der Waals surface area contributed by atoms with Gasteiger partial charge in [-0.2, -0.15) is 0 Å². The van der Waals surface area contributed by atoms with Gasteiger partial charge in [-0.25, -0.2) is 0 Å². The van der Waals surface area contributed by atoms with Crippen LogP contribution >= 0.6 is 0 Å². The molecule has 0 radical (unpaired) electrons. The standard InChI is InChI=1S/C56H53N/c1-56(2)53-19-11-18-50(49-17-10-9-16-48(49)40-14-7-4-8-15-40)55(53)51-31-30-47(36-54(51)56)57(45-27-25-41(26-28-45)52-33-37-20-21-43(52)32-37)46-29-24-39-22-23-42(34-44(39)35-46)38-12-5-3-6-13-38/h4,7-11,14-19,22-31,34-38,43,52H,3,5-6,12-13,20-21,32-33H2,1-2H3. The predicted octanol–water partition coefficient (Wildman–Crippen LogP) is 15.9. The first-order valence-electron chi connectivity index (χ1n) is 21.9. The van der Waals surface area contributed by atoms with E-state index >= 15 is 0 Å². The smallest absolute Gasteiger partial charge is 0.0468 e. The molecule has 4 aliphatic carbocycles. The van der Waals surface area contributed by atoms with E-state index in [9.17, 15) is 0 Å². The summed E-state index contributed by atoms with van der Waals surface area (Å²) in [4.78, 5) is 2.53. The van der Waals surface area contributed by atoms with Gasteiger partial charge in [0.15, 0.2) is 0 Å². The molecular weight excluding hydrogens is 687 g/mol. The molecule has 0 spiro atoms. The zero-order chi connectivity index (χ0) is 38.1. The molecule has 0 N–H and O–H groups in total. The van der Waals surface area contributed by atoms with E-state index in [0.29, 0.717) is 5.92 Å². The van der Waals surface area contributed by atoms with Crippen LogP contribution in [0.25, 0.3) is 44.2 Å². The first-order valence-corrected chi connectivity index (χ1v) is 21.9. The fourth-order valence-corrected chi connectivity index (χ4v) is 11.8. The van der Waals surface area contributed by atoms with Crippen LogP contribution in [0.2, 0.25) is 0 Å². The van der Waals surface area contributed by atoms with Gasteiger partial charge in [0.2, 0.25) is 0 Å². The fourth-order valence-electron chi connectivity index (χ4n) is 11.8. The number of anilines is 3. The Kier molecular flexibility index (Phi) is 8.50. The minimum atomic E-state index is -0.159. The Balaban J connectivity index is 1.04. The van der Waals surface area contributed by atoms with Crippen molar-refractivity contribution >= 4 is 27.8 Å². The van der Waals surface area contributed by atoms with Gasteiger partial charge in [-0.05, 0) is 159 Å². The van der Waals surface area contributed by atoms with Crippen molar-refractivity contribution < 1.29 is 0 Å². The van der Waals surface area contributed by atoms with Gasteiger partial charge in [0, 0.05) is 22.5 Å². The second-order valence-electron chi connectivity index (χ2n) is 18.3. The molecule has 0 amide bonds. The highest BCUT2D eigenvalue weighted by molar-refractivity contribution is 5.98. The molecule has 4 aliphatic rings. The summed E-state index contributed by atoms with van der Waals surface area (Å²) in [5.41, 5.74) is 17.2. The molecule has 3 fully saturated rings. The summed E-state index contributed by atoms with van der Waals surface area (Å²) >= 11 is 0. The third kappa shape index (κ3) is 5.96. The molecule has 0 aliphatic heterocycles. The Morgan fingerprint density at radius 3 is 1.96 bits per heavy atom. The summed E-state index contributed by atoms with van der Waals surface area (Å²) in [6.07, 6.45) is 12.4. The lowest BCUT2D eigenvalue weighted by Crippen LogP contribution is -2.16. The van der Waals surface area contributed by atoms with Crippen LogP contribution < -0.4 is 4.90 Å². The highest BCUT2D eigenvalue weighted by atomic mass is 15.1. The van der Waals surface area contributed by atoms with Gasteiger partial charge < -0.3 is 4.90 Å². The summed E-state index contributed by atoms with van der Waals surface area (Å²) in [5, 5.41) is 2.66. The van der Waals surface area contributed by atoms with E-state index in [-0.39, 0.29) is 5.41 Å². The first-order chi connectivity index (χ1) is 28.0. The molecule has 7 aromatic rings. The van der Waals surface area contributed by atoms with Crippen molar-refractivity contribution in [3.63, 3.8) is 0 Å². The van der Waals surface area contributed by atoms with Crippen LogP contribution in [-0.4, -0.2) is 0 Å². The summed E-state index contributed by atoms with van der Waals surface area (Å²) in [6, 6.07) is 58.2. The van der Waals surface area contributed by atoms with Crippen molar-refractivity contribution in [1.82, 2.24) is 0 Å².